The number of hydrogen-bond donors (Lipinski definition) is 2. The Hall–Kier alpha value is -1.55. The molecule has 0 aliphatic heterocycles. The molecule has 0 heterocycles. The number of nitrogens with one attached hydrogen (secondary N) is 1. The van der Waals surface area contributed by atoms with Crippen molar-refractivity contribution in [1.82, 2.24) is 0 Å². The molecular weight excluding hydrogens is 240 g/mol. The molecule has 0 bridgehead atoms. The van der Waals surface area contributed by atoms with Crippen LogP contribution >= 0.6 is 0 Å². The van der Waals surface area contributed by atoms with Gasteiger partial charge in [-0.3, -0.25) is 4.79 Å². The molecule has 0 unspecified atom stereocenters. The predicted octanol–water partition coefficient (Wildman–Crippen LogP) is 3.05. The molecule has 1 aromatic carbocycles. The minimum absolute atomic E-state index is 0.0468. The van der Waals surface area contributed by atoms with E-state index in [2.05, 4.69) is 19.2 Å². The van der Waals surface area contributed by atoms with Crippen LogP contribution < -0.4 is 11.1 Å². The highest BCUT2D eigenvalue weighted by Crippen LogP contribution is 2.11. The molecule has 0 saturated carbocycles. The van der Waals surface area contributed by atoms with E-state index in [1.54, 1.807) is 12.1 Å². The first-order chi connectivity index (χ1) is 9.08. The van der Waals surface area contributed by atoms with Gasteiger partial charge in [0.1, 0.15) is 0 Å². The number of anilines is 2. The summed E-state index contributed by atoms with van der Waals surface area (Å²) in [6, 6.07) is 7.15. The van der Waals surface area contributed by atoms with Gasteiger partial charge in [-0.15, -0.1) is 0 Å². The summed E-state index contributed by atoms with van der Waals surface area (Å²) in [6.07, 6.45) is 2.58. The lowest BCUT2D eigenvalue weighted by molar-refractivity contribution is -0.117. The molecule has 0 aliphatic rings. The van der Waals surface area contributed by atoms with Crippen molar-refractivity contribution in [3.8, 4) is 0 Å². The highest BCUT2D eigenvalue weighted by atomic mass is 16.5. The maximum Gasteiger partial charge on any atom is 0.226 e. The van der Waals surface area contributed by atoms with Crippen LogP contribution in [0.25, 0.3) is 0 Å². The predicted molar refractivity (Wildman–Crippen MR) is 79.0 cm³/mol. The second-order valence-electron chi connectivity index (χ2n) is 5.07. The Morgan fingerprint density at radius 2 is 2.16 bits per heavy atom. The number of rotatable bonds is 8. The summed E-state index contributed by atoms with van der Waals surface area (Å²) in [5, 5.41) is 2.79. The highest BCUT2D eigenvalue weighted by molar-refractivity contribution is 5.91. The molecule has 0 aromatic heterocycles. The van der Waals surface area contributed by atoms with Gasteiger partial charge in [0.2, 0.25) is 5.91 Å². The summed E-state index contributed by atoms with van der Waals surface area (Å²) < 4.78 is 5.43. The lowest BCUT2D eigenvalue weighted by Crippen LogP contribution is -2.14. The summed E-state index contributed by atoms with van der Waals surface area (Å²) >= 11 is 0. The third-order valence-corrected chi connectivity index (χ3v) is 2.71. The van der Waals surface area contributed by atoms with Crippen molar-refractivity contribution >= 4 is 17.3 Å². The Bertz CT molecular complexity index is 391. The van der Waals surface area contributed by atoms with Gasteiger partial charge in [0.25, 0.3) is 0 Å². The van der Waals surface area contributed by atoms with E-state index in [4.69, 9.17) is 10.5 Å². The molecule has 0 spiro atoms. The molecule has 4 nitrogen and oxygen atoms in total. The fourth-order valence-corrected chi connectivity index (χ4v) is 1.70. The van der Waals surface area contributed by atoms with Crippen molar-refractivity contribution in [2.24, 2.45) is 5.92 Å². The van der Waals surface area contributed by atoms with Gasteiger partial charge in [0, 0.05) is 18.0 Å². The van der Waals surface area contributed by atoms with Crippen LogP contribution in [-0.2, 0) is 9.53 Å². The second-order valence-corrected chi connectivity index (χ2v) is 5.07. The molecule has 1 aromatic rings. The van der Waals surface area contributed by atoms with Gasteiger partial charge in [-0.2, -0.15) is 0 Å². The maximum absolute atomic E-state index is 11.6. The number of amides is 1. The van der Waals surface area contributed by atoms with Crippen LogP contribution in [0.2, 0.25) is 0 Å². The van der Waals surface area contributed by atoms with E-state index in [1.165, 1.54) is 0 Å². The van der Waals surface area contributed by atoms with Crippen molar-refractivity contribution in [2.45, 2.75) is 33.1 Å². The number of nitrogens with two attached hydrogens (primary N) is 1. The number of hydrogen-bond acceptors (Lipinski definition) is 3. The number of nitrogen functional groups attached to an aromatic ring is 1. The second kappa shape index (κ2) is 8.53. The summed E-state index contributed by atoms with van der Waals surface area (Å²) in [5.41, 5.74) is 7.01. The molecule has 19 heavy (non-hydrogen) atoms. The molecular formula is C15H24N2O2. The largest absolute Gasteiger partial charge is 0.399 e. The van der Waals surface area contributed by atoms with Gasteiger partial charge in [-0.1, -0.05) is 19.9 Å². The summed E-state index contributed by atoms with van der Waals surface area (Å²) in [6.45, 7) is 5.58. The minimum atomic E-state index is -0.0468. The summed E-state index contributed by atoms with van der Waals surface area (Å²) in [5.74, 6) is 0.657. The molecule has 1 rings (SSSR count). The fourth-order valence-electron chi connectivity index (χ4n) is 1.70. The van der Waals surface area contributed by atoms with Gasteiger partial charge >= 0.3 is 0 Å². The average Bonchev–Trinajstić information content (AvgIpc) is 2.33. The molecule has 0 saturated heterocycles. The van der Waals surface area contributed by atoms with Crippen LogP contribution in [0.15, 0.2) is 24.3 Å². The molecule has 4 heteroatoms. The maximum atomic E-state index is 11.6. The van der Waals surface area contributed by atoms with Crippen LogP contribution in [0.1, 0.15) is 33.1 Å². The third kappa shape index (κ3) is 7.47. The third-order valence-electron chi connectivity index (χ3n) is 2.71. The van der Waals surface area contributed by atoms with Crippen molar-refractivity contribution in [3.63, 3.8) is 0 Å². The zero-order chi connectivity index (χ0) is 14.1. The zero-order valence-corrected chi connectivity index (χ0v) is 11.8. The van der Waals surface area contributed by atoms with Crippen LogP contribution in [0.4, 0.5) is 11.4 Å². The first-order valence-electron chi connectivity index (χ1n) is 6.81. The quantitative estimate of drug-likeness (QED) is 0.560. The SMILES string of the molecule is CC(C)CCCOCCC(=O)Nc1cccc(N)c1. The van der Waals surface area contributed by atoms with Gasteiger partial charge in [-0.05, 0) is 37.0 Å². The van der Waals surface area contributed by atoms with Crippen LogP contribution in [-0.4, -0.2) is 19.1 Å². The molecule has 3 N–H and O–H groups in total. The van der Waals surface area contributed by atoms with Crippen LogP contribution in [0, 0.1) is 5.92 Å². The van der Waals surface area contributed by atoms with E-state index < -0.39 is 0 Å². The van der Waals surface area contributed by atoms with E-state index >= 15 is 0 Å². The van der Waals surface area contributed by atoms with Crippen molar-refractivity contribution in [1.29, 1.82) is 0 Å². The monoisotopic (exact) mass is 264 g/mol. The van der Waals surface area contributed by atoms with E-state index in [1.807, 2.05) is 12.1 Å². The topological polar surface area (TPSA) is 64.3 Å². The summed E-state index contributed by atoms with van der Waals surface area (Å²) in [4.78, 5) is 11.6. The lowest BCUT2D eigenvalue weighted by atomic mass is 10.1. The fraction of sp³-hybridized carbons (Fsp3) is 0.533. The molecule has 106 valence electrons. The zero-order valence-electron chi connectivity index (χ0n) is 11.8. The Morgan fingerprint density at radius 1 is 1.37 bits per heavy atom. The Labute approximate surface area is 115 Å². The number of ether oxygens (including phenoxy) is 1. The van der Waals surface area contributed by atoms with Crippen molar-refractivity contribution in [2.75, 3.05) is 24.3 Å². The van der Waals surface area contributed by atoms with Gasteiger partial charge in [-0.25, -0.2) is 0 Å². The Morgan fingerprint density at radius 3 is 2.84 bits per heavy atom. The van der Waals surface area contributed by atoms with Crippen LogP contribution in [0.3, 0.4) is 0 Å². The number of benzene rings is 1. The molecule has 0 fully saturated rings. The van der Waals surface area contributed by atoms with Crippen molar-refractivity contribution < 1.29 is 9.53 Å². The smallest absolute Gasteiger partial charge is 0.226 e. The number of carbonyl (C=O) groups excluding carboxylic acids is 1. The first kappa shape index (κ1) is 15.5. The van der Waals surface area contributed by atoms with E-state index in [-0.39, 0.29) is 5.91 Å². The summed E-state index contributed by atoms with van der Waals surface area (Å²) in [7, 11) is 0. The Kier molecular flexibility index (Phi) is 6.97. The van der Waals surface area contributed by atoms with E-state index in [0.29, 0.717) is 24.6 Å². The van der Waals surface area contributed by atoms with Gasteiger partial charge in [0.15, 0.2) is 0 Å². The average molecular weight is 264 g/mol. The molecule has 1 amide bonds. The standard InChI is InChI=1S/C15H24N2O2/c1-12(2)5-4-9-19-10-8-15(18)17-14-7-3-6-13(16)11-14/h3,6-7,11-12H,4-5,8-10,16H2,1-2H3,(H,17,18). The number of carbonyl (C=O) groups is 1. The molecule has 0 aliphatic carbocycles. The normalized spacial score (nSPS) is 10.7. The molecule has 0 radical (unpaired) electrons. The first-order valence-corrected chi connectivity index (χ1v) is 6.81. The molecule has 0 atom stereocenters. The van der Waals surface area contributed by atoms with Crippen molar-refractivity contribution in [3.05, 3.63) is 24.3 Å². The lowest BCUT2D eigenvalue weighted by Gasteiger charge is -2.07. The minimum Gasteiger partial charge on any atom is -0.399 e. The van der Waals surface area contributed by atoms with E-state index in [9.17, 15) is 4.79 Å². The van der Waals surface area contributed by atoms with Gasteiger partial charge < -0.3 is 15.8 Å². The Balaban J connectivity index is 2.11. The van der Waals surface area contributed by atoms with Gasteiger partial charge in [0.05, 0.1) is 13.0 Å². The van der Waals surface area contributed by atoms with Crippen LogP contribution in [0.5, 0.6) is 0 Å². The van der Waals surface area contributed by atoms with E-state index in [0.717, 1.165) is 25.1 Å². The highest BCUT2D eigenvalue weighted by Gasteiger charge is 2.02.